The van der Waals surface area contributed by atoms with Crippen molar-refractivity contribution in [3.8, 4) is 11.4 Å². The number of aromatic nitrogens is 2. The van der Waals surface area contributed by atoms with E-state index in [4.69, 9.17) is 24.9 Å². The fourth-order valence-corrected chi connectivity index (χ4v) is 5.15. The van der Waals surface area contributed by atoms with Gasteiger partial charge in [-0.1, -0.05) is 55.3 Å². The van der Waals surface area contributed by atoms with E-state index in [-0.39, 0.29) is 42.5 Å². The van der Waals surface area contributed by atoms with E-state index >= 15 is 0 Å². The van der Waals surface area contributed by atoms with Gasteiger partial charge < -0.3 is 29.7 Å². The smallest absolute Gasteiger partial charge is 0.313 e. The van der Waals surface area contributed by atoms with Gasteiger partial charge in [-0.25, -0.2) is 0 Å². The number of methoxy groups -OCH3 is 2. The van der Waals surface area contributed by atoms with E-state index in [1.807, 2.05) is 37.3 Å². The third kappa shape index (κ3) is 8.77. The lowest BCUT2D eigenvalue weighted by atomic mass is 10.00. The molecule has 46 heavy (non-hydrogen) atoms. The zero-order chi connectivity index (χ0) is 33.8. The molecule has 1 aromatic heterocycles. The number of ether oxygens (including phenoxy) is 3. The van der Waals surface area contributed by atoms with E-state index in [2.05, 4.69) is 20.0 Å². The summed E-state index contributed by atoms with van der Waals surface area (Å²) in [4.78, 5) is 48.3. The Kier molecular flexibility index (Phi) is 13.0. The van der Waals surface area contributed by atoms with Gasteiger partial charge in [-0.15, -0.1) is 0 Å². The van der Waals surface area contributed by atoms with E-state index in [0.717, 1.165) is 54.4 Å². The topological polar surface area (TPSA) is 194 Å². The monoisotopic (exact) mass is 636 g/mol. The average molecular weight is 637 g/mol. The van der Waals surface area contributed by atoms with Crippen molar-refractivity contribution < 1.29 is 43.1 Å². The predicted molar refractivity (Wildman–Crippen MR) is 166 cm³/mol. The molecule has 3 N–H and O–H groups in total. The zero-order valence-electron chi connectivity index (χ0n) is 26.7. The number of aryl methyl sites for hydroxylation is 3. The van der Waals surface area contributed by atoms with Gasteiger partial charge in [0.15, 0.2) is 5.84 Å². The summed E-state index contributed by atoms with van der Waals surface area (Å²) in [5, 5.41) is 15.5. The minimum absolute atomic E-state index is 0.0781. The molecule has 246 valence electrons. The fraction of sp³-hybridized carbons (Fsp3) is 0.424. The first kappa shape index (κ1) is 35.4. The number of nitrogens with zero attached hydrogens (tertiary/aromatic N) is 3. The van der Waals surface area contributed by atoms with E-state index in [9.17, 15) is 19.2 Å². The third-order valence-electron chi connectivity index (χ3n) is 7.65. The molecule has 2 atom stereocenters. The number of benzene rings is 2. The second-order valence-corrected chi connectivity index (χ2v) is 10.5. The van der Waals surface area contributed by atoms with Gasteiger partial charge in [0.25, 0.3) is 0 Å². The molecule has 0 radical (unpaired) electrons. The number of nitrogens with two attached hydrogens (primary N) is 1. The van der Waals surface area contributed by atoms with Crippen LogP contribution in [-0.4, -0.2) is 59.3 Å². The molecular weight excluding hydrogens is 596 g/mol. The Bertz CT molecular complexity index is 1570. The minimum Gasteiger partial charge on any atom is -0.469 e. The zero-order valence-corrected chi connectivity index (χ0v) is 26.7. The van der Waals surface area contributed by atoms with Crippen molar-refractivity contribution in [2.45, 2.75) is 77.6 Å². The van der Waals surface area contributed by atoms with Gasteiger partial charge in [-0.3, -0.25) is 19.2 Å². The summed E-state index contributed by atoms with van der Waals surface area (Å²) in [7, 11) is 2.82. The van der Waals surface area contributed by atoms with Gasteiger partial charge in [-0.05, 0) is 60.1 Å². The van der Waals surface area contributed by atoms with Gasteiger partial charge >= 0.3 is 23.9 Å². The molecule has 5 rings (SSSR count). The van der Waals surface area contributed by atoms with Crippen molar-refractivity contribution in [2.24, 2.45) is 10.9 Å². The first-order chi connectivity index (χ1) is 22.1. The van der Waals surface area contributed by atoms with Crippen LogP contribution in [0.1, 0.15) is 92.0 Å². The molecule has 1 heterocycles. The number of amidine groups is 1. The number of rotatable bonds is 7. The van der Waals surface area contributed by atoms with Crippen LogP contribution < -0.4 is 5.73 Å². The number of hydrogen-bond donors (Lipinski definition) is 2. The Hall–Kier alpha value is -5.07. The second kappa shape index (κ2) is 16.8. The Morgan fingerprint density at radius 2 is 1.43 bits per heavy atom. The highest BCUT2D eigenvalue weighted by Gasteiger charge is 2.30. The summed E-state index contributed by atoms with van der Waals surface area (Å²) in [5.41, 5.74) is 11.4. The molecule has 0 spiro atoms. The summed E-state index contributed by atoms with van der Waals surface area (Å²) < 4.78 is 19.0. The lowest BCUT2D eigenvalue weighted by Gasteiger charge is -2.09. The average Bonchev–Trinajstić information content (AvgIpc) is 3.85. The van der Waals surface area contributed by atoms with Gasteiger partial charge in [0, 0.05) is 30.4 Å². The second-order valence-electron chi connectivity index (χ2n) is 10.5. The first-order valence-electron chi connectivity index (χ1n) is 15.1. The van der Waals surface area contributed by atoms with Gasteiger partial charge in [-0.2, -0.15) is 4.98 Å². The first-order valence-corrected chi connectivity index (χ1v) is 15.1. The Morgan fingerprint density at radius 3 is 1.91 bits per heavy atom. The maximum Gasteiger partial charge on any atom is 0.313 e. The fourth-order valence-electron chi connectivity index (χ4n) is 5.15. The van der Waals surface area contributed by atoms with Gasteiger partial charge in [0.1, 0.15) is 0 Å². The van der Waals surface area contributed by atoms with E-state index in [1.54, 1.807) is 19.9 Å². The van der Waals surface area contributed by atoms with Gasteiger partial charge in [0.05, 0.1) is 26.1 Å². The van der Waals surface area contributed by atoms with Crippen LogP contribution in [0.15, 0.2) is 46.1 Å². The van der Waals surface area contributed by atoms with Crippen molar-refractivity contribution in [1.29, 1.82) is 0 Å². The van der Waals surface area contributed by atoms with Crippen LogP contribution in [0.2, 0.25) is 0 Å². The third-order valence-corrected chi connectivity index (χ3v) is 7.65. The Balaban J connectivity index is 0.000000202. The highest BCUT2D eigenvalue weighted by atomic mass is 16.6. The molecule has 2 aromatic carbocycles. The van der Waals surface area contributed by atoms with Crippen molar-refractivity contribution in [2.75, 3.05) is 14.2 Å². The summed E-state index contributed by atoms with van der Waals surface area (Å²) >= 11 is 0. The standard InChI is InChI=1S/C15H16N2O3.C12H14N2O3.C6H10O3/c1-3-13-16-14(17-20-13)10-5-6-11-9(8-10)4-7-12(11)15(18)19-2;1-17-12(15)10-5-2-7-6-8(11(13)14-16)3-4-9(7)10;1-3-5(7)9-6(8)4-2/h5-6,8,12H,3-4,7H2,1-2H3;3-4,6,10,16H,2,5H2,1H3,(H2,13,14);3-4H2,1-2H3. The van der Waals surface area contributed by atoms with Crippen molar-refractivity contribution in [1.82, 2.24) is 10.1 Å². The Morgan fingerprint density at radius 1 is 0.891 bits per heavy atom. The van der Waals surface area contributed by atoms with Crippen molar-refractivity contribution in [3.63, 3.8) is 0 Å². The lowest BCUT2D eigenvalue weighted by molar-refractivity contribution is -0.159. The number of fused-ring (bicyclic) bond motifs is 2. The number of carbonyl (C=O) groups excluding carboxylic acids is 4. The molecule has 2 unspecified atom stereocenters. The molecule has 0 saturated heterocycles. The molecule has 3 aromatic rings. The van der Waals surface area contributed by atoms with E-state index in [0.29, 0.717) is 17.3 Å². The summed E-state index contributed by atoms with van der Waals surface area (Å²) in [6.45, 7) is 5.26. The summed E-state index contributed by atoms with van der Waals surface area (Å²) in [6, 6.07) is 11.4. The molecule has 13 heteroatoms. The number of hydrogen-bond acceptors (Lipinski definition) is 12. The molecule has 2 aliphatic rings. The predicted octanol–water partition coefficient (Wildman–Crippen LogP) is 4.36. The molecule has 0 fully saturated rings. The normalized spacial score (nSPS) is 16.1. The summed E-state index contributed by atoms with van der Waals surface area (Å²) in [6.07, 6.45) is 4.47. The van der Waals surface area contributed by atoms with Crippen LogP contribution in [0.4, 0.5) is 0 Å². The number of esters is 4. The van der Waals surface area contributed by atoms with Crippen LogP contribution in [-0.2, 0) is 52.7 Å². The van der Waals surface area contributed by atoms with Crippen LogP contribution in [0.3, 0.4) is 0 Å². The van der Waals surface area contributed by atoms with E-state index in [1.165, 1.54) is 19.8 Å². The molecule has 13 nitrogen and oxygen atoms in total. The summed E-state index contributed by atoms with van der Waals surface area (Å²) in [5.74, 6) is -0.293. The maximum absolute atomic E-state index is 11.7. The molecule has 0 aliphatic heterocycles. The maximum atomic E-state index is 11.7. The van der Waals surface area contributed by atoms with Crippen molar-refractivity contribution in [3.05, 3.63) is 70.1 Å². The van der Waals surface area contributed by atoms with Crippen molar-refractivity contribution >= 4 is 29.7 Å². The highest BCUT2D eigenvalue weighted by Crippen LogP contribution is 2.36. The number of oxime groups is 1. The minimum atomic E-state index is -0.457. The highest BCUT2D eigenvalue weighted by molar-refractivity contribution is 5.97. The largest absolute Gasteiger partial charge is 0.469 e. The SMILES string of the molecule is CCC(=O)OC(=O)CC.CCc1nc(-c2ccc3c(c2)CCC3C(=O)OC)no1.COC(=O)C1CCc2cc(C(N)=NO)ccc21. The van der Waals surface area contributed by atoms with E-state index < -0.39 is 11.9 Å². The molecule has 0 bridgehead atoms. The molecule has 2 aliphatic carbocycles. The van der Waals surface area contributed by atoms with Crippen LogP contribution in [0.5, 0.6) is 0 Å². The van der Waals surface area contributed by atoms with Crippen LogP contribution in [0.25, 0.3) is 11.4 Å². The molecule has 0 saturated carbocycles. The van der Waals surface area contributed by atoms with Gasteiger partial charge in [0.2, 0.25) is 11.7 Å². The molecular formula is C33H40N4O9. The van der Waals surface area contributed by atoms with Crippen LogP contribution in [0, 0.1) is 0 Å². The Labute approximate surface area is 267 Å². The number of carbonyl (C=O) groups is 4. The van der Waals surface area contributed by atoms with Crippen LogP contribution >= 0.6 is 0 Å². The quantitative estimate of drug-likeness (QED) is 0.0709. The molecule has 0 amide bonds. The lowest BCUT2D eigenvalue weighted by Crippen LogP contribution is -2.14.